The Morgan fingerprint density at radius 2 is 2.30 bits per heavy atom. The summed E-state index contributed by atoms with van der Waals surface area (Å²) in [4.78, 5) is 2.58. The van der Waals surface area contributed by atoms with Gasteiger partial charge in [0.1, 0.15) is 6.07 Å². The summed E-state index contributed by atoms with van der Waals surface area (Å²) in [5, 5.41) is 12.5. The number of anilines is 1. The average Bonchev–Trinajstić information content (AvgIpc) is 2.45. The molecule has 0 spiro atoms. The number of likely N-dealkylation sites (tertiary alicyclic amines) is 1. The maximum atomic E-state index is 9.17. The Morgan fingerprint density at radius 1 is 1.45 bits per heavy atom. The summed E-state index contributed by atoms with van der Waals surface area (Å²) < 4.78 is 0.856. The van der Waals surface area contributed by atoms with Crippen LogP contribution in [-0.2, 0) is 0 Å². The van der Waals surface area contributed by atoms with Crippen LogP contribution >= 0.6 is 15.9 Å². The van der Waals surface area contributed by atoms with Crippen molar-refractivity contribution in [1.82, 2.24) is 4.90 Å². The number of hydrogen-bond acceptors (Lipinski definition) is 3. The highest BCUT2D eigenvalue weighted by Crippen LogP contribution is 2.23. The number of nitrogens with zero attached hydrogens (tertiary/aromatic N) is 2. The van der Waals surface area contributed by atoms with E-state index in [0.29, 0.717) is 5.56 Å². The quantitative estimate of drug-likeness (QED) is 0.826. The second-order valence-electron chi connectivity index (χ2n) is 5.44. The highest BCUT2D eigenvalue weighted by atomic mass is 79.9. The van der Waals surface area contributed by atoms with Crippen LogP contribution in [-0.4, -0.2) is 30.6 Å². The molecule has 3 nitrogen and oxygen atoms in total. The first-order chi connectivity index (χ1) is 9.72. The van der Waals surface area contributed by atoms with E-state index in [0.717, 1.165) is 35.7 Å². The topological polar surface area (TPSA) is 39.1 Å². The monoisotopic (exact) mass is 335 g/mol. The Labute approximate surface area is 130 Å². The first-order valence-corrected chi connectivity index (χ1v) is 8.18. The lowest BCUT2D eigenvalue weighted by Gasteiger charge is -2.33. The largest absolute Gasteiger partial charge is 0.384 e. The summed E-state index contributed by atoms with van der Waals surface area (Å²) >= 11 is 3.42. The molecule has 1 unspecified atom stereocenters. The molecule has 20 heavy (non-hydrogen) atoms. The Kier molecular flexibility index (Phi) is 5.87. The van der Waals surface area contributed by atoms with Gasteiger partial charge in [-0.15, -0.1) is 0 Å². The minimum absolute atomic E-state index is 0.693. The normalized spacial score (nSPS) is 19.6. The molecule has 0 bridgehead atoms. The number of halogens is 1. The number of rotatable bonds is 5. The highest BCUT2D eigenvalue weighted by Gasteiger charge is 2.17. The van der Waals surface area contributed by atoms with Crippen molar-refractivity contribution in [2.24, 2.45) is 0 Å². The standard InChI is InChI=1S/C16H22BrN3/c1-13-6-2-3-10-20(13)11-5-9-19-16-8-4-7-15(17)14(16)12-18/h4,7-8,13,19H,2-3,5-6,9-11H2,1H3. The molecule has 1 saturated heterocycles. The molecule has 4 heteroatoms. The van der Waals surface area contributed by atoms with Crippen molar-refractivity contribution in [3.63, 3.8) is 0 Å². The molecule has 0 aromatic heterocycles. The van der Waals surface area contributed by atoms with Crippen molar-refractivity contribution in [3.8, 4) is 6.07 Å². The third-order valence-electron chi connectivity index (χ3n) is 4.00. The first kappa shape index (κ1) is 15.3. The van der Waals surface area contributed by atoms with Gasteiger partial charge in [0.25, 0.3) is 0 Å². The van der Waals surface area contributed by atoms with E-state index >= 15 is 0 Å². The number of piperidine rings is 1. The molecule has 1 atom stereocenters. The fourth-order valence-corrected chi connectivity index (χ4v) is 3.23. The van der Waals surface area contributed by atoms with Crippen molar-refractivity contribution in [3.05, 3.63) is 28.2 Å². The molecule has 1 aliphatic rings. The van der Waals surface area contributed by atoms with Gasteiger partial charge in [0.2, 0.25) is 0 Å². The number of nitriles is 1. The molecular weight excluding hydrogens is 314 g/mol. The van der Waals surface area contributed by atoms with Crippen LogP contribution in [0.2, 0.25) is 0 Å². The van der Waals surface area contributed by atoms with Gasteiger partial charge in [-0.05, 0) is 60.8 Å². The van der Waals surface area contributed by atoms with Gasteiger partial charge < -0.3 is 10.2 Å². The zero-order valence-corrected chi connectivity index (χ0v) is 13.6. The van der Waals surface area contributed by atoms with Crippen molar-refractivity contribution in [1.29, 1.82) is 5.26 Å². The van der Waals surface area contributed by atoms with E-state index in [1.165, 1.54) is 25.8 Å². The van der Waals surface area contributed by atoms with Crippen molar-refractivity contribution in [2.75, 3.05) is 25.0 Å². The van der Waals surface area contributed by atoms with E-state index in [4.69, 9.17) is 5.26 Å². The molecular formula is C16H22BrN3. The summed E-state index contributed by atoms with van der Waals surface area (Å²) in [6.07, 6.45) is 5.15. The lowest BCUT2D eigenvalue weighted by molar-refractivity contribution is 0.160. The molecule has 0 aliphatic carbocycles. The third-order valence-corrected chi connectivity index (χ3v) is 4.66. The smallest absolute Gasteiger partial charge is 0.103 e. The van der Waals surface area contributed by atoms with Crippen LogP contribution in [0.5, 0.6) is 0 Å². The molecule has 1 aromatic carbocycles. The summed E-state index contributed by atoms with van der Waals surface area (Å²) in [5.41, 5.74) is 1.62. The van der Waals surface area contributed by atoms with Gasteiger partial charge in [-0.1, -0.05) is 12.5 Å². The summed E-state index contributed by atoms with van der Waals surface area (Å²) in [5.74, 6) is 0. The molecule has 0 radical (unpaired) electrons. The first-order valence-electron chi connectivity index (χ1n) is 7.39. The predicted octanol–water partition coefficient (Wildman–Crippen LogP) is 4.00. The Morgan fingerprint density at radius 3 is 3.05 bits per heavy atom. The van der Waals surface area contributed by atoms with Gasteiger partial charge in [-0.25, -0.2) is 0 Å². The van der Waals surface area contributed by atoms with Crippen LogP contribution in [0.25, 0.3) is 0 Å². The van der Waals surface area contributed by atoms with E-state index < -0.39 is 0 Å². The minimum Gasteiger partial charge on any atom is -0.384 e. The van der Waals surface area contributed by atoms with Gasteiger partial charge in [-0.3, -0.25) is 0 Å². The van der Waals surface area contributed by atoms with Crippen LogP contribution in [0.3, 0.4) is 0 Å². The van der Waals surface area contributed by atoms with Gasteiger partial charge in [0.15, 0.2) is 0 Å². The third kappa shape index (κ3) is 3.97. The highest BCUT2D eigenvalue weighted by molar-refractivity contribution is 9.10. The molecule has 1 aliphatic heterocycles. The van der Waals surface area contributed by atoms with Crippen LogP contribution in [0.15, 0.2) is 22.7 Å². The van der Waals surface area contributed by atoms with Gasteiger partial charge in [0.05, 0.1) is 11.3 Å². The average molecular weight is 336 g/mol. The second-order valence-corrected chi connectivity index (χ2v) is 6.29. The van der Waals surface area contributed by atoms with Gasteiger partial charge in [-0.2, -0.15) is 5.26 Å². The molecule has 0 saturated carbocycles. The van der Waals surface area contributed by atoms with E-state index in [1.807, 2.05) is 18.2 Å². The zero-order chi connectivity index (χ0) is 14.4. The number of hydrogen-bond donors (Lipinski definition) is 1. The van der Waals surface area contributed by atoms with Crippen LogP contribution < -0.4 is 5.32 Å². The summed E-state index contributed by atoms with van der Waals surface area (Å²) in [6.45, 7) is 5.62. The number of benzene rings is 1. The zero-order valence-electron chi connectivity index (χ0n) is 12.0. The molecule has 108 valence electrons. The maximum Gasteiger partial charge on any atom is 0.103 e. The minimum atomic E-state index is 0.693. The maximum absolute atomic E-state index is 9.17. The van der Waals surface area contributed by atoms with Gasteiger partial charge >= 0.3 is 0 Å². The van der Waals surface area contributed by atoms with Crippen LogP contribution in [0.4, 0.5) is 5.69 Å². The predicted molar refractivity (Wildman–Crippen MR) is 86.8 cm³/mol. The van der Waals surface area contributed by atoms with E-state index in [9.17, 15) is 0 Å². The molecule has 1 heterocycles. The van der Waals surface area contributed by atoms with E-state index in [-0.39, 0.29) is 0 Å². The summed E-state index contributed by atoms with van der Waals surface area (Å²) in [6, 6.07) is 8.79. The second kappa shape index (κ2) is 7.66. The van der Waals surface area contributed by atoms with Crippen molar-refractivity contribution >= 4 is 21.6 Å². The molecule has 0 amide bonds. The van der Waals surface area contributed by atoms with Gasteiger partial charge in [0, 0.05) is 23.6 Å². The SMILES string of the molecule is CC1CCCCN1CCCNc1cccc(Br)c1C#N. The Balaban J connectivity index is 1.79. The molecule has 1 aromatic rings. The molecule has 1 N–H and O–H groups in total. The fraction of sp³-hybridized carbons (Fsp3) is 0.562. The fourth-order valence-electron chi connectivity index (χ4n) is 2.78. The lowest BCUT2D eigenvalue weighted by atomic mass is 10.0. The van der Waals surface area contributed by atoms with Crippen LogP contribution in [0, 0.1) is 11.3 Å². The van der Waals surface area contributed by atoms with Crippen molar-refractivity contribution in [2.45, 2.75) is 38.6 Å². The number of nitrogens with one attached hydrogen (secondary N) is 1. The van der Waals surface area contributed by atoms with E-state index in [2.05, 4.69) is 39.1 Å². The summed E-state index contributed by atoms with van der Waals surface area (Å²) in [7, 11) is 0. The van der Waals surface area contributed by atoms with Crippen molar-refractivity contribution < 1.29 is 0 Å². The van der Waals surface area contributed by atoms with E-state index in [1.54, 1.807) is 0 Å². The Hall–Kier alpha value is -1.05. The molecule has 1 fully saturated rings. The lowest BCUT2D eigenvalue weighted by Crippen LogP contribution is -2.38. The molecule has 2 rings (SSSR count). The Bertz CT molecular complexity index is 481. The van der Waals surface area contributed by atoms with Crippen LogP contribution in [0.1, 0.15) is 38.2 Å².